The summed E-state index contributed by atoms with van der Waals surface area (Å²) in [6.45, 7) is 6.25. The number of aromatic nitrogens is 1. The maximum atomic E-state index is 9.24. The summed E-state index contributed by atoms with van der Waals surface area (Å²) in [5.74, 6) is 0. The van der Waals surface area contributed by atoms with Gasteiger partial charge in [-0.3, -0.25) is 0 Å². The zero-order valence-corrected chi connectivity index (χ0v) is 15.3. The number of nitrogens with two attached hydrogens (primary N) is 1. The first-order chi connectivity index (χ1) is 11.4. The summed E-state index contributed by atoms with van der Waals surface area (Å²) in [5, 5.41) is 18.2. The molecular weight excluding hydrogens is 350 g/mol. The second-order valence-corrected chi connectivity index (χ2v) is 6.26. The molecule has 0 atom stereocenters. The van der Waals surface area contributed by atoms with Crippen LogP contribution in [-0.2, 0) is 6.42 Å². The number of nitrogens with zero attached hydrogens (tertiary/aromatic N) is 2. The Morgan fingerprint density at radius 2 is 1.83 bits per heavy atom. The molecule has 0 aliphatic rings. The Bertz CT molecular complexity index is 639. The molecule has 1 aromatic heterocycles. The fraction of sp³-hybridized carbons (Fsp3) is 0.375. The molecule has 2 rings (SSSR count). The van der Waals surface area contributed by atoms with Crippen LogP contribution in [-0.4, -0.2) is 41.0 Å². The van der Waals surface area contributed by atoms with Gasteiger partial charge in [0.05, 0.1) is 5.69 Å². The Morgan fingerprint density at radius 3 is 2.29 bits per heavy atom. The minimum absolute atomic E-state index is 0.139. The molecule has 132 valence electrons. The number of hydrogen-bond acceptors (Lipinski definition) is 5. The zero-order valence-electron chi connectivity index (χ0n) is 13.7. The lowest BCUT2D eigenvalue weighted by atomic mass is 10.1. The van der Waals surface area contributed by atoms with E-state index in [0.29, 0.717) is 6.42 Å². The quantitative estimate of drug-likeness (QED) is 0.721. The number of primary amides is 1. The van der Waals surface area contributed by atoms with Gasteiger partial charge in [-0.05, 0) is 26.0 Å². The number of amides is 1. The van der Waals surface area contributed by atoms with Crippen molar-refractivity contribution in [1.29, 1.82) is 0 Å². The second kappa shape index (κ2) is 10.1. The van der Waals surface area contributed by atoms with E-state index in [-0.39, 0.29) is 6.61 Å². The van der Waals surface area contributed by atoms with Crippen LogP contribution in [0.1, 0.15) is 18.7 Å². The fourth-order valence-electron chi connectivity index (χ4n) is 2.07. The Kier molecular flexibility index (Phi) is 8.53. The van der Waals surface area contributed by atoms with Crippen molar-refractivity contribution in [2.75, 3.05) is 24.6 Å². The first-order valence-electron chi connectivity index (χ1n) is 7.52. The van der Waals surface area contributed by atoms with Gasteiger partial charge in [0.25, 0.3) is 0 Å². The lowest BCUT2D eigenvalue weighted by molar-refractivity contribution is 0.205. The number of rotatable bonds is 6. The Balaban J connectivity index is 0.000000648. The number of halogens is 1. The Hall–Kier alpha value is -1.83. The first kappa shape index (κ1) is 20.2. The van der Waals surface area contributed by atoms with Gasteiger partial charge >= 0.3 is 6.09 Å². The SMILES string of the molecule is CCN(CC)c1nc(-c2ccc(Cl)cc2)c(CCO)s1.NC(=O)O. The summed E-state index contributed by atoms with van der Waals surface area (Å²) in [7, 11) is 0. The summed E-state index contributed by atoms with van der Waals surface area (Å²) in [6.07, 6.45) is -0.698. The number of carbonyl (C=O) groups is 1. The molecule has 0 fully saturated rings. The molecule has 4 N–H and O–H groups in total. The maximum absolute atomic E-state index is 9.24. The van der Waals surface area contributed by atoms with Crippen LogP contribution < -0.4 is 10.6 Å². The molecule has 0 spiro atoms. The van der Waals surface area contributed by atoms with Crippen LogP contribution in [0.4, 0.5) is 9.93 Å². The van der Waals surface area contributed by atoms with Gasteiger partial charge in [-0.15, -0.1) is 11.3 Å². The van der Waals surface area contributed by atoms with Crippen LogP contribution in [0.3, 0.4) is 0 Å². The van der Waals surface area contributed by atoms with Crippen LogP contribution in [0.25, 0.3) is 11.3 Å². The standard InChI is InChI=1S/C15H19ClN2OS.CH3NO2/c1-3-18(4-2)15-17-14(13(20-15)9-10-19)11-5-7-12(16)8-6-11;2-1(3)4/h5-8,19H,3-4,9-10H2,1-2H3;2H2,(H,3,4). The number of benzene rings is 1. The van der Waals surface area contributed by atoms with Gasteiger partial charge in [-0.2, -0.15) is 0 Å². The van der Waals surface area contributed by atoms with Crippen molar-refractivity contribution < 1.29 is 15.0 Å². The van der Waals surface area contributed by atoms with Gasteiger partial charge in [-0.1, -0.05) is 23.7 Å². The highest BCUT2D eigenvalue weighted by Gasteiger charge is 2.15. The van der Waals surface area contributed by atoms with Crippen molar-refractivity contribution in [1.82, 2.24) is 4.98 Å². The van der Waals surface area contributed by atoms with E-state index in [4.69, 9.17) is 26.5 Å². The van der Waals surface area contributed by atoms with Crippen molar-refractivity contribution >= 4 is 34.2 Å². The summed E-state index contributed by atoms with van der Waals surface area (Å²) >= 11 is 7.60. The monoisotopic (exact) mass is 371 g/mol. The molecule has 0 unspecified atom stereocenters. The fourth-order valence-corrected chi connectivity index (χ4v) is 3.40. The molecule has 8 heteroatoms. The third kappa shape index (κ3) is 5.99. The van der Waals surface area contributed by atoms with Crippen molar-refractivity contribution in [2.24, 2.45) is 5.73 Å². The largest absolute Gasteiger partial charge is 0.465 e. The molecule has 0 saturated carbocycles. The van der Waals surface area contributed by atoms with E-state index in [2.05, 4.69) is 24.5 Å². The summed E-state index contributed by atoms with van der Waals surface area (Å²) in [5.41, 5.74) is 6.04. The molecular formula is C16H22ClN3O3S. The molecule has 1 heterocycles. The van der Waals surface area contributed by atoms with Crippen LogP contribution in [0, 0.1) is 0 Å². The van der Waals surface area contributed by atoms with Crippen molar-refractivity contribution in [3.63, 3.8) is 0 Å². The van der Waals surface area contributed by atoms with Crippen molar-refractivity contribution in [3.05, 3.63) is 34.2 Å². The topological polar surface area (TPSA) is 99.7 Å². The second-order valence-electron chi connectivity index (χ2n) is 4.76. The number of carboxylic acid groups (broad SMARTS) is 1. The maximum Gasteiger partial charge on any atom is 0.402 e. The summed E-state index contributed by atoms with van der Waals surface area (Å²) in [4.78, 5) is 16.9. The molecule has 6 nitrogen and oxygen atoms in total. The average Bonchev–Trinajstić information content (AvgIpc) is 2.93. The Morgan fingerprint density at radius 1 is 1.29 bits per heavy atom. The van der Waals surface area contributed by atoms with Crippen molar-refractivity contribution in [3.8, 4) is 11.3 Å². The van der Waals surface area contributed by atoms with Gasteiger partial charge in [-0.25, -0.2) is 9.78 Å². The molecule has 1 aromatic carbocycles. The van der Waals surface area contributed by atoms with Gasteiger partial charge in [0, 0.05) is 41.6 Å². The lowest BCUT2D eigenvalue weighted by Crippen LogP contribution is -2.21. The highest BCUT2D eigenvalue weighted by molar-refractivity contribution is 7.16. The van der Waals surface area contributed by atoms with E-state index in [1.807, 2.05) is 24.3 Å². The number of aliphatic hydroxyl groups is 1. The molecule has 0 aliphatic carbocycles. The molecule has 0 radical (unpaired) electrons. The third-order valence-electron chi connectivity index (χ3n) is 3.18. The number of aliphatic hydroxyl groups excluding tert-OH is 1. The minimum atomic E-state index is -1.33. The first-order valence-corrected chi connectivity index (χ1v) is 8.72. The molecule has 0 saturated heterocycles. The van der Waals surface area contributed by atoms with E-state index in [0.717, 1.165) is 39.4 Å². The van der Waals surface area contributed by atoms with Crippen molar-refractivity contribution in [2.45, 2.75) is 20.3 Å². The average molecular weight is 372 g/mol. The highest BCUT2D eigenvalue weighted by atomic mass is 35.5. The predicted octanol–water partition coefficient (Wildman–Crippen LogP) is 3.47. The van der Waals surface area contributed by atoms with E-state index in [1.165, 1.54) is 0 Å². The number of hydrogen-bond donors (Lipinski definition) is 3. The summed E-state index contributed by atoms with van der Waals surface area (Å²) in [6, 6.07) is 7.70. The van der Waals surface area contributed by atoms with Crippen LogP contribution in [0.5, 0.6) is 0 Å². The van der Waals surface area contributed by atoms with E-state index in [9.17, 15) is 5.11 Å². The highest BCUT2D eigenvalue weighted by Crippen LogP contribution is 2.33. The zero-order chi connectivity index (χ0) is 18.1. The van der Waals surface area contributed by atoms with Gasteiger partial charge in [0.15, 0.2) is 5.13 Å². The Labute approximate surface area is 150 Å². The number of thiazole rings is 1. The van der Waals surface area contributed by atoms with Crippen LogP contribution >= 0.6 is 22.9 Å². The summed E-state index contributed by atoms with van der Waals surface area (Å²) < 4.78 is 0. The predicted molar refractivity (Wildman–Crippen MR) is 99.1 cm³/mol. The smallest absolute Gasteiger partial charge is 0.402 e. The third-order valence-corrected chi connectivity index (χ3v) is 4.60. The van der Waals surface area contributed by atoms with E-state index in [1.54, 1.807) is 11.3 Å². The van der Waals surface area contributed by atoms with E-state index >= 15 is 0 Å². The molecule has 24 heavy (non-hydrogen) atoms. The van der Waals surface area contributed by atoms with Gasteiger partial charge < -0.3 is 20.8 Å². The van der Waals surface area contributed by atoms with Crippen LogP contribution in [0.15, 0.2) is 24.3 Å². The normalized spacial score (nSPS) is 10.0. The lowest BCUT2D eigenvalue weighted by Gasteiger charge is -2.16. The van der Waals surface area contributed by atoms with Crippen LogP contribution in [0.2, 0.25) is 5.02 Å². The van der Waals surface area contributed by atoms with E-state index < -0.39 is 6.09 Å². The molecule has 0 bridgehead atoms. The molecule has 0 aliphatic heterocycles. The number of anilines is 1. The van der Waals surface area contributed by atoms with Gasteiger partial charge in [0.2, 0.25) is 0 Å². The van der Waals surface area contributed by atoms with Gasteiger partial charge in [0.1, 0.15) is 0 Å². The molecule has 1 amide bonds. The molecule has 2 aromatic rings. The minimum Gasteiger partial charge on any atom is -0.465 e.